The third kappa shape index (κ3) is 3.00. The standard InChI is InChI=1S/C16H24N4/c1-4-6-9-20(12(3)5-2)16-14-8-7-13(17)10-15(14)18-11-19-16/h7-8,10-12H,4-6,9,17H2,1-3H3. The van der Waals surface area contributed by atoms with Gasteiger partial charge in [0.1, 0.15) is 12.1 Å². The number of nitrogen functional groups attached to an aromatic ring is 1. The molecule has 108 valence electrons. The lowest BCUT2D eigenvalue weighted by molar-refractivity contribution is 0.591. The average Bonchev–Trinajstić information content (AvgIpc) is 2.47. The molecule has 0 aliphatic rings. The number of nitrogens with two attached hydrogens (primary N) is 1. The molecule has 0 radical (unpaired) electrons. The van der Waals surface area contributed by atoms with Crippen LogP contribution in [0.2, 0.25) is 0 Å². The first-order valence-corrected chi connectivity index (χ1v) is 7.44. The lowest BCUT2D eigenvalue weighted by Crippen LogP contribution is -2.34. The Balaban J connectivity index is 2.46. The molecule has 1 aromatic heterocycles. The molecule has 1 aromatic carbocycles. The number of fused-ring (bicyclic) bond motifs is 1. The van der Waals surface area contributed by atoms with Crippen molar-refractivity contribution < 1.29 is 0 Å². The van der Waals surface area contributed by atoms with E-state index in [-0.39, 0.29) is 0 Å². The fraction of sp³-hybridized carbons (Fsp3) is 0.500. The molecular weight excluding hydrogens is 248 g/mol. The van der Waals surface area contributed by atoms with Crippen molar-refractivity contribution in [3.8, 4) is 0 Å². The van der Waals surface area contributed by atoms with Crippen LogP contribution >= 0.6 is 0 Å². The molecule has 0 fully saturated rings. The molecule has 4 nitrogen and oxygen atoms in total. The summed E-state index contributed by atoms with van der Waals surface area (Å²) in [6.45, 7) is 7.71. The Bertz CT molecular complexity index is 567. The first-order valence-electron chi connectivity index (χ1n) is 7.44. The van der Waals surface area contributed by atoms with E-state index in [0.717, 1.165) is 35.4 Å². The molecule has 1 atom stereocenters. The zero-order chi connectivity index (χ0) is 14.5. The maximum Gasteiger partial charge on any atom is 0.140 e. The molecule has 0 spiro atoms. The Morgan fingerprint density at radius 3 is 2.75 bits per heavy atom. The van der Waals surface area contributed by atoms with Gasteiger partial charge in [0.2, 0.25) is 0 Å². The highest BCUT2D eigenvalue weighted by Crippen LogP contribution is 2.26. The molecule has 0 amide bonds. The molecule has 0 bridgehead atoms. The second-order valence-electron chi connectivity index (χ2n) is 5.28. The van der Waals surface area contributed by atoms with Crippen LogP contribution in [-0.2, 0) is 0 Å². The lowest BCUT2D eigenvalue weighted by atomic mass is 10.1. The molecule has 1 unspecified atom stereocenters. The predicted octanol–water partition coefficient (Wildman–Crippen LogP) is 3.62. The molecule has 2 aromatic rings. The SMILES string of the molecule is CCCCN(c1ncnc2cc(N)ccc12)C(C)CC. The number of rotatable bonds is 6. The van der Waals surface area contributed by atoms with Crippen molar-refractivity contribution in [2.75, 3.05) is 17.2 Å². The number of aromatic nitrogens is 2. The molecule has 0 saturated heterocycles. The number of unbranched alkanes of at least 4 members (excludes halogenated alkanes) is 1. The summed E-state index contributed by atoms with van der Waals surface area (Å²) in [7, 11) is 0. The second kappa shape index (κ2) is 6.55. The fourth-order valence-electron chi connectivity index (χ4n) is 2.37. The van der Waals surface area contributed by atoms with Gasteiger partial charge in [-0.05, 0) is 38.0 Å². The van der Waals surface area contributed by atoms with Gasteiger partial charge in [0.05, 0.1) is 5.52 Å². The Morgan fingerprint density at radius 1 is 1.25 bits per heavy atom. The Labute approximate surface area is 121 Å². The van der Waals surface area contributed by atoms with Gasteiger partial charge >= 0.3 is 0 Å². The van der Waals surface area contributed by atoms with Crippen LogP contribution in [0, 0.1) is 0 Å². The van der Waals surface area contributed by atoms with E-state index in [0.29, 0.717) is 6.04 Å². The van der Waals surface area contributed by atoms with Gasteiger partial charge in [-0.25, -0.2) is 9.97 Å². The van der Waals surface area contributed by atoms with Crippen LogP contribution in [0.3, 0.4) is 0 Å². The van der Waals surface area contributed by atoms with Crippen molar-refractivity contribution in [1.82, 2.24) is 9.97 Å². The monoisotopic (exact) mass is 272 g/mol. The molecular formula is C16H24N4. The Kier molecular flexibility index (Phi) is 4.77. The van der Waals surface area contributed by atoms with Gasteiger partial charge in [-0.1, -0.05) is 20.3 Å². The van der Waals surface area contributed by atoms with E-state index >= 15 is 0 Å². The Hall–Kier alpha value is -1.84. The molecule has 2 rings (SSSR count). The third-order valence-electron chi connectivity index (χ3n) is 3.79. The normalized spacial score (nSPS) is 12.6. The topological polar surface area (TPSA) is 55.0 Å². The molecule has 1 heterocycles. The lowest BCUT2D eigenvalue weighted by Gasteiger charge is -2.30. The van der Waals surface area contributed by atoms with Gasteiger partial charge < -0.3 is 10.6 Å². The maximum atomic E-state index is 5.84. The van der Waals surface area contributed by atoms with Crippen LogP contribution in [0.15, 0.2) is 24.5 Å². The minimum absolute atomic E-state index is 0.470. The maximum absolute atomic E-state index is 5.84. The fourth-order valence-corrected chi connectivity index (χ4v) is 2.37. The molecule has 0 aliphatic heterocycles. The predicted molar refractivity (Wildman–Crippen MR) is 86.0 cm³/mol. The quantitative estimate of drug-likeness (QED) is 0.816. The van der Waals surface area contributed by atoms with E-state index in [9.17, 15) is 0 Å². The number of benzene rings is 1. The smallest absolute Gasteiger partial charge is 0.140 e. The van der Waals surface area contributed by atoms with Crippen LogP contribution < -0.4 is 10.6 Å². The van der Waals surface area contributed by atoms with Gasteiger partial charge in [0.15, 0.2) is 0 Å². The van der Waals surface area contributed by atoms with Crippen molar-refractivity contribution in [3.63, 3.8) is 0 Å². The van der Waals surface area contributed by atoms with Crippen LogP contribution in [0.25, 0.3) is 10.9 Å². The van der Waals surface area contributed by atoms with E-state index in [2.05, 4.69) is 35.6 Å². The van der Waals surface area contributed by atoms with E-state index < -0.39 is 0 Å². The molecule has 4 heteroatoms. The van der Waals surface area contributed by atoms with Crippen LogP contribution in [0.1, 0.15) is 40.0 Å². The van der Waals surface area contributed by atoms with Gasteiger partial charge in [0.25, 0.3) is 0 Å². The van der Waals surface area contributed by atoms with Gasteiger partial charge in [-0.3, -0.25) is 0 Å². The van der Waals surface area contributed by atoms with E-state index in [1.807, 2.05) is 18.2 Å². The summed E-state index contributed by atoms with van der Waals surface area (Å²) in [5.74, 6) is 1.03. The van der Waals surface area contributed by atoms with Crippen LogP contribution in [0.5, 0.6) is 0 Å². The van der Waals surface area contributed by atoms with Crippen molar-refractivity contribution >= 4 is 22.4 Å². The number of hydrogen-bond donors (Lipinski definition) is 1. The largest absolute Gasteiger partial charge is 0.399 e. The van der Waals surface area contributed by atoms with Crippen molar-refractivity contribution in [1.29, 1.82) is 0 Å². The second-order valence-corrected chi connectivity index (χ2v) is 5.28. The van der Waals surface area contributed by atoms with Gasteiger partial charge in [0, 0.05) is 23.7 Å². The minimum Gasteiger partial charge on any atom is -0.399 e. The van der Waals surface area contributed by atoms with Crippen LogP contribution in [0.4, 0.5) is 11.5 Å². The summed E-state index contributed by atoms with van der Waals surface area (Å²) in [4.78, 5) is 11.3. The van der Waals surface area contributed by atoms with Crippen molar-refractivity contribution in [2.24, 2.45) is 0 Å². The zero-order valence-corrected chi connectivity index (χ0v) is 12.6. The van der Waals surface area contributed by atoms with Gasteiger partial charge in [-0.2, -0.15) is 0 Å². The third-order valence-corrected chi connectivity index (χ3v) is 3.79. The highest BCUT2D eigenvalue weighted by molar-refractivity contribution is 5.91. The minimum atomic E-state index is 0.470. The van der Waals surface area contributed by atoms with Crippen molar-refractivity contribution in [2.45, 2.75) is 46.1 Å². The van der Waals surface area contributed by atoms with E-state index in [1.54, 1.807) is 6.33 Å². The van der Waals surface area contributed by atoms with Crippen molar-refractivity contribution in [3.05, 3.63) is 24.5 Å². The number of anilines is 2. The first-order chi connectivity index (χ1) is 9.67. The Morgan fingerprint density at radius 2 is 2.05 bits per heavy atom. The van der Waals surface area contributed by atoms with E-state index in [4.69, 9.17) is 5.73 Å². The summed E-state index contributed by atoms with van der Waals surface area (Å²) in [6, 6.07) is 6.33. The van der Waals surface area contributed by atoms with Crippen LogP contribution in [-0.4, -0.2) is 22.6 Å². The summed E-state index contributed by atoms with van der Waals surface area (Å²) in [5, 5.41) is 1.08. The highest BCUT2D eigenvalue weighted by atomic mass is 15.2. The first kappa shape index (κ1) is 14.6. The summed E-state index contributed by atoms with van der Waals surface area (Å²) in [6.07, 6.45) is 5.09. The highest BCUT2D eigenvalue weighted by Gasteiger charge is 2.16. The number of hydrogen-bond acceptors (Lipinski definition) is 4. The summed E-state index contributed by atoms with van der Waals surface area (Å²) < 4.78 is 0. The zero-order valence-electron chi connectivity index (χ0n) is 12.6. The average molecular weight is 272 g/mol. The summed E-state index contributed by atoms with van der Waals surface area (Å²) >= 11 is 0. The molecule has 0 aliphatic carbocycles. The van der Waals surface area contributed by atoms with E-state index in [1.165, 1.54) is 12.8 Å². The van der Waals surface area contributed by atoms with Gasteiger partial charge in [-0.15, -0.1) is 0 Å². The summed E-state index contributed by atoms with van der Waals surface area (Å²) in [5.41, 5.74) is 7.50. The molecule has 20 heavy (non-hydrogen) atoms. The molecule has 0 saturated carbocycles. The number of nitrogens with zero attached hydrogens (tertiary/aromatic N) is 3. The molecule has 2 N–H and O–H groups in total.